The van der Waals surface area contributed by atoms with Crippen molar-refractivity contribution in [1.29, 1.82) is 0 Å². The Kier molecular flexibility index (Phi) is 5.42. The standard InChI is InChI=1S/C22H28N6O2/c1-16-7-9-17(10-8-16)19(20-23-24-25-28(20)22(2,3)4)26-11-13-27(14-12-26)21(29)18-6-5-15-30-18/h5-10,15,19H,11-14H2,1-4H3/p+1/t19-/m1/s1. The number of tetrazole rings is 1. The van der Waals surface area contributed by atoms with Crippen LogP contribution in [0.2, 0.25) is 0 Å². The van der Waals surface area contributed by atoms with E-state index in [-0.39, 0.29) is 17.5 Å². The maximum Gasteiger partial charge on any atom is 0.289 e. The van der Waals surface area contributed by atoms with Crippen LogP contribution in [-0.2, 0) is 5.54 Å². The van der Waals surface area contributed by atoms with Crippen LogP contribution in [0.5, 0.6) is 0 Å². The SMILES string of the molecule is Cc1ccc([C@H](c2nnnn2C(C)(C)C)[NH+]2CCN(C(=O)c3ccco3)CC2)cc1. The van der Waals surface area contributed by atoms with Gasteiger partial charge in [0.25, 0.3) is 5.91 Å². The van der Waals surface area contributed by atoms with E-state index in [0.717, 1.165) is 18.9 Å². The zero-order valence-corrected chi connectivity index (χ0v) is 18.0. The molecule has 1 aromatic carbocycles. The van der Waals surface area contributed by atoms with Crippen molar-refractivity contribution in [3.8, 4) is 0 Å². The normalized spacial score (nSPS) is 16.6. The minimum absolute atomic E-state index is 0.000639. The molecule has 8 nitrogen and oxygen atoms in total. The minimum Gasteiger partial charge on any atom is -0.459 e. The van der Waals surface area contributed by atoms with Crippen molar-refractivity contribution in [3.05, 3.63) is 65.4 Å². The lowest BCUT2D eigenvalue weighted by molar-refractivity contribution is -0.930. The van der Waals surface area contributed by atoms with Gasteiger partial charge in [-0.25, -0.2) is 4.68 Å². The Bertz CT molecular complexity index is 980. The number of amides is 1. The maximum atomic E-state index is 12.6. The van der Waals surface area contributed by atoms with E-state index >= 15 is 0 Å². The van der Waals surface area contributed by atoms with Crippen molar-refractivity contribution in [1.82, 2.24) is 25.1 Å². The van der Waals surface area contributed by atoms with E-state index in [0.29, 0.717) is 18.8 Å². The Hall–Kier alpha value is -3.00. The van der Waals surface area contributed by atoms with E-state index in [9.17, 15) is 4.79 Å². The van der Waals surface area contributed by atoms with Crippen LogP contribution in [0.25, 0.3) is 0 Å². The van der Waals surface area contributed by atoms with E-state index < -0.39 is 0 Å². The van der Waals surface area contributed by atoms with Gasteiger partial charge in [0, 0.05) is 5.56 Å². The Morgan fingerprint density at radius 2 is 1.83 bits per heavy atom. The van der Waals surface area contributed by atoms with Crippen LogP contribution in [0.15, 0.2) is 47.1 Å². The molecule has 1 aliphatic heterocycles. The molecule has 1 atom stereocenters. The summed E-state index contributed by atoms with van der Waals surface area (Å²) in [6.45, 7) is 11.3. The van der Waals surface area contributed by atoms with Crippen LogP contribution in [-0.4, -0.2) is 57.2 Å². The second-order valence-corrected chi connectivity index (χ2v) is 8.89. The predicted octanol–water partition coefficient (Wildman–Crippen LogP) is 1.46. The van der Waals surface area contributed by atoms with Crippen LogP contribution < -0.4 is 4.90 Å². The Morgan fingerprint density at radius 1 is 1.13 bits per heavy atom. The van der Waals surface area contributed by atoms with E-state index in [2.05, 4.69) is 67.5 Å². The highest BCUT2D eigenvalue weighted by molar-refractivity contribution is 5.91. The Labute approximate surface area is 176 Å². The third kappa shape index (κ3) is 4.00. The molecular formula is C22H29N6O2+. The fourth-order valence-corrected chi connectivity index (χ4v) is 4.02. The fraction of sp³-hybridized carbons (Fsp3) is 0.455. The molecule has 4 rings (SSSR count). The Morgan fingerprint density at radius 3 is 2.43 bits per heavy atom. The van der Waals surface area contributed by atoms with Gasteiger partial charge in [0.15, 0.2) is 11.8 Å². The highest BCUT2D eigenvalue weighted by atomic mass is 16.3. The number of hydrogen-bond donors (Lipinski definition) is 1. The number of carbonyl (C=O) groups excluding carboxylic acids is 1. The average molecular weight is 410 g/mol. The molecule has 8 heteroatoms. The zero-order valence-electron chi connectivity index (χ0n) is 18.0. The first kappa shape index (κ1) is 20.3. The summed E-state index contributed by atoms with van der Waals surface area (Å²) in [5, 5.41) is 12.7. The highest BCUT2D eigenvalue weighted by Crippen LogP contribution is 2.23. The van der Waals surface area contributed by atoms with Crippen LogP contribution >= 0.6 is 0 Å². The molecule has 3 heterocycles. The van der Waals surface area contributed by atoms with Crippen molar-refractivity contribution in [2.24, 2.45) is 0 Å². The summed E-state index contributed by atoms with van der Waals surface area (Å²) in [5.74, 6) is 1.20. The predicted molar refractivity (Wildman–Crippen MR) is 111 cm³/mol. The van der Waals surface area contributed by atoms with Gasteiger partial charge in [-0.3, -0.25) is 4.79 Å². The number of hydrogen-bond acceptors (Lipinski definition) is 5. The molecule has 1 saturated heterocycles. The second kappa shape index (κ2) is 8.02. The quantitative estimate of drug-likeness (QED) is 0.706. The van der Waals surface area contributed by atoms with E-state index in [4.69, 9.17) is 4.42 Å². The van der Waals surface area contributed by atoms with Gasteiger partial charge in [0.2, 0.25) is 5.82 Å². The van der Waals surface area contributed by atoms with Crippen LogP contribution in [0, 0.1) is 6.92 Å². The molecule has 0 saturated carbocycles. The van der Waals surface area contributed by atoms with Gasteiger partial charge in [-0.05, 0) is 50.3 Å². The van der Waals surface area contributed by atoms with Crippen molar-refractivity contribution < 1.29 is 14.1 Å². The molecule has 1 aliphatic rings. The third-order valence-corrected chi connectivity index (χ3v) is 5.63. The number of aryl methyl sites for hydroxylation is 1. The molecule has 1 N–H and O–H groups in total. The van der Waals surface area contributed by atoms with Crippen LogP contribution in [0.1, 0.15) is 54.3 Å². The monoisotopic (exact) mass is 409 g/mol. The summed E-state index contributed by atoms with van der Waals surface area (Å²) < 4.78 is 7.21. The van der Waals surface area contributed by atoms with Gasteiger partial charge in [-0.15, -0.1) is 5.10 Å². The largest absolute Gasteiger partial charge is 0.459 e. The molecule has 1 amide bonds. The van der Waals surface area contributed by atoms with Crippen LogP contribution in [0.3, 0.4) is 0 Å². The van der Waals surface area contributed by atoms with Crippen molar-refractivity contribution in [2.45, 2.75) is 39.3 Å². The molecule has 3 aromatic rings. The number of furan rings is 1. The molecule has 30 heavy (non-hydrogen) atoms. The molecule has 0 radical (unpaired) electrons. The number of benzene rings is 1. The topological polar surface area (TPSA) is 81.5 Å². The number of carbonyl (C=O) groups is 1. The smallest absolute Gasteiger partial charge is 0.289 e. The fourth-order valence-electron chi connectivity index (χ4n) is 4.02. The summed E-state index contributed by atoms with van der Waals surface area (Å²) in [6.07, 6.45) is 1.54. The lowest BCUT2D eigenvalue weighted by atomic mass is 10.0. The number of piperazine rings is 1. The summed E-state index contributed by atoms with van der Waals surface area (Å²) in [6, 6.07) is 12.0. The van der Waals surface area contributed by atoms with Gasteiger partial charge in [0.1, 0.15) is 0 Å². The van der Waals surface area contributed by atoms with Gasteiger partial charge < -0.3 is 14.2 Å². The van der Waals surface area contributed by atoms with E-state index in [1.54, 1.807) is 12.1 Å². The molecule has 0 unspecified atom stereocenters. The number of rotatable bonds is 4. The van der Waals surface area contributed by atoms with Crippen molar-refractivity contribution in [3.63, 3.8) is 0 Å². The van der Waals surface area contributed by atoms with Crippen molar-refractivity contribution >= 4 is 5.91 Å². The highest BCUT2D eigenvalue weighted by Gasteiger charge is 2.37. The summed E-state index contributed by atoms with van der Waals surface area (Å²) in [5.41, 5.74) is 2.18. The molecule has 0 aliphatic carbocycles. The number of nitrogens with one attached hydrogen (secondary N) is 1. The third-order valence-electron chi connectivity index (χ3n) is 5.63. The van der Waals surface area contributed by atoms with E-state index in [1.165, 1.54) is 22.3 Å². The average Bonchev–Trinajstić information content (AvgIpc) is 3.42. The first-order valence-electron chi connectivity index (χ1n) is 10.4. The molecular weight excluding hydrogens is 380 g/mol. The summed E-state index contributed by atoms with van der Waals surface area (Å²) in [7, 11) is 0. The molecule has 0 spiro atoms. The van der Waals surface area contributed by atoms with Crippen molar-refractivity contribution in [2.75, 3.05) is 26.2 Å². The summed E-state index contributed by atoms with van der Waals surface area (Å²) in [4.78, 5) is 15.9. The second-order valence-electron chi connectivity index (χ2n) is 8.89. The minimum atomic E-state index is -0.224. The molecule has 0 bridgehead atoms. The molecule has 158 valence electrons. The number of nitrogens with zero attached hydrogens (tertiary/aromatic N) is 5. The summed E-state index contributed by atoms with van der Waals surface area (Å²) >= 11 is 0. The first-order chi connectivity index (χ1) is 14.3. The lowest BCUT2D eigenvalue weighted by Gasteiger charge is -2.36. The van der Waals surface area contributed by atoms with Gasteiger partial charge in [0.05, 0.1) is 38.0 Å². The molecule has 1 fully saturated rings. The maximum absolute atomic E-state index is 12.6. The van der Waals surface area contributed by atoms with Crippen LogP contribution in [0.4, 0.5) is 0 Å². The lowest BCUT2D eigenvalue weighted by Crippen LogP contribution is -3.15. The number of aromatic nitrogens is 4. The zero-order chi connectivity index (χ0) is 21.3. The van der Waals surface area contributed by atoms with E-state index in [1.807, 2.05) is 9.58 Å². The number of quaternary nitrogens is 1. The van der Waals surface area contributed by atoms with Gasteiger partial charge in [-0.2, -0.15) is 0 Å². The first-order valence-corrected chi connectivity index (χ1v) is 10.4. The molecule has 2 aromatic heterocycles. The Balaban J connectivity index is 1.61. The van der Waals surface area contributed by atoms with Gasteiger partial charge in [-0.1, -0.05) is 29.8 Å². The van der Waals surface area contributed by atoms with Gasteiger partial charge >= 0.3 is 0 Å².